The minimum atomic E-state index is -0.876. The molecular formula is C21H44N8O3. The van der Waals surface area contributed by atoms with Crippen molar-refractivity contribution in [3.63, 3.8) is 0 Å². The van der Waals surface area contributed by atoms with Gasteiger partial charge in [0.1, 0.15) is 0 Å². The number of amides is 1. The number of hydrogen-bond acceptors (Lipinski definition) is 9. The highest BCUT2D eigenvalue weighted by Gasteiger charge is 2.33. The summed E-state index contributed by atoms with van der Waals surface area (Å²) in [6.45, 7) is 8.97. The van der Waals surface area contributed by atoms with Crippen LogP contribution in [0, 0.1) is 0 Å². The van der Waals surface area contributed by atoms with E-state index in [1.54, 1.807) is 0 Å². The molecule has 11 nitrogen and oxygen atoms in total. The summed E-state index contributed by atoms with van der Waals surface area (Å²) in [7, 11) is 4.20. The van der Waals surface area contributed by atoms with E-state index in [4.69, 9.17) is 10.8 Å². The normalized spacial score (nSPS) is 30.3. The maximum absolute atomic E-state index is 12.7. The smallest absolute Gasteiger partial charge is 0.303 e. The minimum absolute atomic E-state index is 0.00213. The number of nitrogens with one attached hydrogen (secondary N) is 5. The second-order valence-electron chi connectivity index (χ2n) is 9.62. The number of hydrogen-bond donors (Lipinski definition) is 7. The summed E-state index contributed by atoms with van der Waals surface area (Å²) in [5.74, 6) is -0.988. The first-order valence-electron chi connectivity index (χ1n) is 11.7. The van der Waals surface area contributed by atoms with E-state index in [9.17, 15) is 9.59 Å². The molecule has 0 aromatic rings. The zero-order valence-corrected chi connectivity index (χ0v) is 19.8. The van der Waals surface area contributed by atoms with Crippen molar-refractivity contribution in [3.05, 3.63) is 0 Å². The van der Waals surface area contributed by atoms with E-state index in [1.165, 1.54) is 0 Å². The lowest BCUT2D eigenvalue weighted by Gasteiger charge is -2.40. The van der Waals surface area contributed by atoms with Gasteiger partial charge in [0.15, 0.2) is 0 Å². The maximum Gasteiger partial charge on any atom is 0.303 e. The average molecular weight is 457 g/mol. The van der Waals surface area contributed by atoms with Gasteiger partial charge in [-0.2, -0.15) is 0 Å². The van der Waals surface area contributed by atoms with Gasteiger partial charge in [-0.15, -0.1) is 0 Å². The Morgan fingerprint density at radius 2 is 1.38 bits per heavy atom. The molecule has 3 rings (SSSR count). The summed E-state index contributed by atoms with van der Waals surface area (Å²) in [5, 5.41) is 26.1. The van der Waals surface area contributed by atoms with Crippen LogP contribution in [0.1, 0.15) is 19.3 Å². The Morgan fingerprint density at radius 3 is 1.91 bits per heavy atom. The fraction of sp³-hybridized carbons (Fsp3) is 0.905. The fourth-order valence-electron chi connectivity index (χ4n) is 4.51. The van der Waals surface area contributed by atoms with Crippen molar-refractivity contribution in [2.75, 3.05) is 92.6 Å². The Morgan fingerprint density at radius 1 is 0.875 bits per heavy atom. The third-order valence-electron chi connectivity index (χ3n) is 6.06. The van der Waals surface area contributed by atoms with Gasteiger partial charge in [-0.3, -0.25) is 9.59 Å². The standard InChI is InChI=1S/C21H44N8O3/c1-28-10-8-25-14-21(27-18(30)4-3-5-19(31)32)13-24-7-6-23-12-20(22,16-28)17-29(2)11-9-26-15-21/h23-26H,3-17,22H2,1-2H3,(H,27,30)(H,31,32)/t20-,21+. The molecule has 0 unspecified atom stereocenters. The second kappa shape index (κ2) is 13.4. The molecule has 32 heavy (non-hydrogen) atoms. The van der Waals surface area contributed by atoms with Crippen LogP contribution in [0.3, 0.4) is 0 Å². The molecule has 0 aliphatic carbocycles. The zero-order valence-electron chi connectivity index (χ0n) is 19.8. The van der Waals surface area contributed by atoms with Crippen molar-refractivity contribution < 1.29 is 14.7 Å². The third-order valence-corrected chi connectivity index (χ3v) is 6.06. The molecule has 0 aromatic carbocycles. The highest BCUT2D eigenvalue weighted by Crippen LogP contribution is 2.08. The molecular weight excluding hydrogens is 412 g/mol. The van der Waals surface area contributed by atoms with Crippen molar-refractivity contribution in [1.29, 1.82) is 0 Å². The molecule has 1 amide bonds. The quantitative estimate of drug-likeness (QED) is 0.229. The average Bonchev–Trinajstić information content (AvgIpc) is 2.70. The molecule has 3 fully saturated rings. The van der Waals surface area contributed by atoms with Crippen molar-refractivity contribution in [1.82, 2.24) is 36.4 Å². The molecule has 0 spiro atoms. The zero-order chi connectivity index (χ0) is 23.5. The number of nitrogens with two attached hydrogens (primary N) is 1. The molecule has 3 aliphatic heterocycles. The minimum Gasteiger partial charge on any atom is -0.481 e. The van der Waals surface area contributed by atoms with Crippen LogP contribution >= 0.6 is 0 Å². The van der Waals surface area contributed by atoms with E-state index in [-0.39, 0.29) is 24.3 Å². The van der Waals surface area contributed by atoms with Gasteiger partial charge in [-0.05, 0) is 20.5 Å². The number of rotatable bonds is 5. The molecule has 0 atom stereocenters. The first-order valence-corrected chi connectivity index (χ1v) is 11.7. The van der Waals surface area contributed by atoms with Crippen LogP contribution in [-0.4, -0.2) is 130 Å². The van der Waals surface area contributed by atoms with Crippen molar-refractivity contribution >= 4 is 11.9 Å². The number of carboxylic acids is 1. The van der Waals surface area contributed by atoms with E-state index in [0.717, 1.165) is 58.9 Å². The van der Waals surface area contributed by atoms with Crippen LogP contribution in [0.5, 0.6) is 0 Å². The predicted octanol–water partition coefficient (Wildman–Crippen LogP) is -2.96. The molecule has 3 saturated heterocycles. The Bertz CT molecular complexity index is 571. The Labute approximate surface area is 192 Å². The highest BCUT2D eigenvalue weighted by molar-refractivity contribution is 5.77. The van der Waals surface area contributed by atoms with Crippen LogP contribution in [-0.2, 0) is 9.59 Å². The van der Waals surface area contributed by atoms with Gasteiger partial charge in [0, 0.05) is 91.4 Å². The Balaban J connectivity index is 2.16. The van der Waals surface area contributed by atoms with E-state index < -0.39 is 11.5 Å². The number of fused-ring (bicyclic) bond motifs is 15. The Hall–Kier alpha value is -1.34. The van der Waals surface area contributed by atoms with Crippen LogP contribution in [0.2, 0.25) is 0 Å². The summed E-state index contributed by atoms with van der Waals surface area (Å²) in [5.41, 5.74) is 5.97. The number of carboxylic acid groups (broad SMARTS) is 1. The van der Waals surface area contributed by atoms with Gasteiger partial charge >= 0.3 is 5.97 Å². The van der Waals surface area contributed by atoms with Crippen LogP contribution < -0.4 is 32.3 Å². The molecule has 0 aromatic heterocycles. The predicted molar refractivity (Wildman–Crippen MR) is 126 cm³/mol. The molecule has 3 heterocycles. The molecule has 2 bridgehead atoms. The first-order chi connectivity index (χ1) is 15.2. The van der Waals surface area contributed by atoms with E-state index in [2.05, 4.69) is 50.5 Å². The molecule has 11 heteroatoms. The number of nitrogens with zero attached hydrogens (tertiary/aromatic N) is 2. The number of likely N-dealkylation sites (N-methyl/N-ethyl adjacent to an activating group) is 2. The van der Waals surface area contributed by atoms with Crippen molar-refractivity contribution in [2.45, 2.75) is 30.3 Å². The van der Waals surface area contributed by atoms with Crippen LogP contribution in [0.4, 0.5) is 0 Å². The Kier molecular flexibility index (Phi) is 11.3. The highest BCUT2D eigenvalue weighted by atomic mass is 16.4. The van der Waals surface area contributed by atoms with Crippen molar-refractivity contribution in [3.8, 4) is 0 Å². The van der Waals surface area contributed by atoms with E-state index >= 15 is 0 Å². The van der Waals surface area contributed by atoms with Crippen molar-refractivity contribution in [2.24, 2.45) is 5.73 Å². The first kappa shape index (κ1) is 26.9. The topological polar surface area (TPSA) is 147 Å². The summed E-state index contributed by atoms with van der Waals surface area (Å²) < 4.78 is 0. The van der Waals surface area contributed by atoms with Crippen LogP contribution in [0.15, 0.2) is 0 Å². The molecule has 186 valence electrons. The number of carbonyl (C=O) groups is 2. The summed E-state index contributed by atoms with van der Waals surface area (Å²) in [4.78, 5) is 28.0. The van der Waals surface area contributed by atoms with Crippen LogP contribution in [0.25, 0.3) is 0 Å². The lowest BCUT2D eigenvalue weighted by Crippen LogP contribution is -2.67. The largest absolute Gasteiger partial charge is 0.481 e. The lowest BCUT2D eigenvalue weighted by molar-refractivity contribution is -0.137. The molecule has 3 aliphatic rings. The molecule has 8 N–H and O–H groups in total. The summed E-state index contributed by atoms with van der Waals surface area (Å²) >= 11 is 0. The van der Waals surface area contributed by atoms with E-state index in [1.807, 2.05) is 0 Å². The van der Waals surface area contributed by atoms with Gasteiger partial charge in [0.05, 0.1) is 11.1 Å². The van der Waals surface area contributed by atoms with Gasteiger partial charge < -0.3 is 47.2 Å². The van der Waals surface area contributed by atoms with Gasteiger partial charge in [-0.1, -0.05) is 0 Å². The summed E-state index contributed by atoms with van der Waals surface area (Å²) in [6.07, 6.45) is 0.549. The van der Waals surface area contributed by atoms with Gasteiger partial charge in [-0.25, -0.2) is 0 Å². The SMILES string of the molecule is CN1CCNC[C@]2(NC(=O)CCCC(=O)O)CNCCNC[C@](N)(C1)CN(C)CCNC2. The van der Waals surface area contributed by atoms with Gasteiger partial charge in [0.2, 0.25) is 5.91 Å². The number of aliphatic carboxylic acids is 1. The summed E-state index contributed by atoms with van der Waals surface area (Å²) in [6, 6.07) is 0. The lowest BCUT2D eigenvalue weighted by atomic mass is 9.97. The molecule has 0 saturated carbocycles. The number of carbonyl (C=O) groups excluding carboxylic acids is 1. The molecule has 0 radical (unpaired) electrons. The third kappa shape index (κ3) is 10.1. The monoisotopic (exact) mass is 456 g/mol. The van der Waals surface area contributed by atoms with E-state index in [0.29, 0.717) is 26.1 Å². The van der Waals surface area contributed by atoms with Gasteiger partial charge in [0.25, 0.3) is 0 Å². The second-order valence-corrected chi connectivity index (χ2v) is 9.62. The maximum atomic E-state index is 12.7. The fourth-order valence-corrected chi connectivity index (χ4v) is 4.51.